The molecule has 0 saturated carbocycles. The van der Waals surface area contributed by atoms with Crippen molar-refractivity contribution in [1.29, 1.82) is 0 Å². The van der Waals surface area contributed by atoms with Crippen molar-refractivity contribution in [2.75, 3.05) is 12.0 Å². The molecule has 48 valence electrons. The van der Waals surface area contributed by atoms with E-state index in [1.807, 2.05) is 0 Å². The van der Waals surface area contributed by atoms with Gasteiger partial charge in [-0.25, -0.2) is 4.98 Å². The van der Waals surface area contributed by atoms with Gasteiger partial charge in [-0.15, -0.1) is 11.7 Å². The molecule has 0 amide bonds. The molecular weight excluding hydrogens is 116 g/mol. The molecule has 1 rings (SSSR count). The Kier molecular flexibility index (Phi) is 1.85. The van der Waals surface area contributed by atoms with Crippen LogP contribution in [-0.4, -0.2) is 21.4 Å². The van der Waals surface area contributed by atoms with Gasteiger partial charge in [0, 0.05) is 0 Å². The van der Waals surface area contributed by atoms with E-state index < -0.39 is 0 Å². The number of nitrogens with zero attached hydrogens (tertiary/aromatic N) is 3. The quantitative estimate of drug-likeness (QED) is 0.577. The van der Waals surface area contributed by atoms with Crippen LogP contribution in [0.1, 0.15) is 0 Å². The van der Waals surface area contributed by atoms with Gasteiger partial charge in [0.25, 0.3) is 0 Å². The van der Waals surface area contributed by atoms with Gasteiger partial charge in [0.15, 0.2) is 0 Å². The molecule has 0 bridgehead atoms. The Morgan fingerprint density at radius 2 is 2.67 bits per heavy atom. The monoisotopic (exact) mass is 124 g/mol. The predicted octanol–water partition coefficient (Wildman–Crippen LogP) is 0.00760. The molecule has 0 saturated heterocycles. The molecular formula is C5H8N4. The topological polar surface area (TPSA) is 42.7 Å². The van der Waals surface area contributed by atoms with Crippen LogP contribution in [0.5, 0.6) is 0 Å². The summed E-state index contributed by atoms with van der Waals surface area (Å²) >= 11 is 0. The predicted molar refractivity (Wildman–Crippen MR) is 34.4 cm³/mol. The average Bonchev–Trinajstić information content (AvgIpc) is 2.34. The Balaban J connectivity index is 2.38. The van der Waals surface area contributed by atoms with E-state index in [4.69, 9.17) is 0 Å². The van der Waals surface area contributed by atoms with Crippen molar-refractivity contribution in [3.05, 3.63) is 25.3 Å². The van der Waals surface area contributed by atoms with Gasteiger partial charge in [-0.1, -0.05) is 6.08 Å². The third-order valence-electron chi connectivity index (χ3n) is 0.816. The van der Waals surface area contributed by atoms with Crippen LogP contribution < -0.4 is 5.43 Å². The maximum absolute atomic E-state index is 3.80. The molecule has 9 heavy (non-hydrogen) atoms. The minimum atomic E-state index is 0.698. The van der Waals surface area contributed by atoms with Gasteiger partial charge in [-0.3, -0.25) is 0 Å². The summed E-state index contributed by atoms with van der Waals surface area (Å²) < 4.78 is 0. The van der Waals surface area contributed by atoms with Crippen molar-refractivity contribution in [2.45, 2.75) is 0 Å². The van der Waals surface area contributed by atoms with Gasteiger partial charge in [0.1, 0.15) is 12.7 Å². The van der Waals surface area contributed by atoms with E-state index >= 15 is 0 Å². The maximum atomic E-state index is 3.80. The summed E-state index contributed by atoms with van der Waals surface area (Å²) in [5.74, 6) is 0. The Bertz CT molecular complexity index is 167. The zero-order chi connectivity index (χ0) is 6.53. The summed E-state index contributed by atoms with van der Waals surface area (Å²) in [5, 5.41) is 3.80. The fraction of sp³-hybridized carbons (Fsp3) is 0.200. The van der Waals surface area contributed by atoms with Gasteiger partial charge in [-0.05, 0) is 0 Å². The van der Waals surface area contributed by atoms with E-state index in [0.29, 0.717) is 6.54 Å². The Morgan fingerprint density at radius 3 is 3.22 bits per heavy atom. The minimum Gasteiger partial charge on any atom is -0.305 e. The van der Waals surface area contributed by atoms with Crippen LogP contribution in [0.4, 0.5) is 0 Å². The van der Waals surface area contributed by atoms with Crippen LogP contribution in [-0.2, 0) is 0 Å². The normalized spacial score (nSPS) is 8.89. The van der Waals surface area contributed by atoms with E-state index in [0.717, 1.165) is 0 Å². The van der Waals surface area contributed by atoms with E-state index in [2.05, 4.69) is 22.1 Å². The molecule has 4 heteroatoms. The van der Waals surface area contributed by atoms with Gasteiger partial charge in [-0.2, -0.15) is 4.79 Å². The summed E-state index contributed by atoms with van der Waals surface area (Å²) in [5.41, 5.74) is 2.90. The van der Waals surface area contributed by atoms with Crippen LogP contribution >= 0.6 is 0 Å². The minimum absolute atomic E-state index is 0.698. The lowest BCUT2D eigenvalue weighted by Crippen LogP contribution is -2.14. The van der Waals surface area contributed by atoms with Crippen LogP contribution in [0.15, 0.2) is 25.3 Å². The number of hydrogen-bond donors (Lipinski definition) is 1. The molecule has 0 atom stereocenters. The van der Waals surface area contributed by atoms with Crippen molar-refractivity contribution in [2.24, 2.45) is 0 Å². The molecule has 4 nitrogen and oxygen atoms in total. The van der Waals surface area contributed by atoms with Gasteiger partial charge in [0.2, 0.25) is 0 Å². The second kappa shape index (κ2) is 2.86. The fourth-order valence-electron chi connectivity index (χ4n) is 0.448. The number of aromatic nitrogens is 3. The van der Waals surface area contributed by atoms with Gasteiger partial charge >= 0.3 is 0 Å². The number of hydrogen-bond acceptors (Lipinski definition) is 3. The smallest absolute Gasteiger partial charge is 0.139 e. The van der Waals surface area contributed by atoms with Crippen LogP contribution in [0.2, 0.25) is 0 Å². The summed E-state index contributed by atoms with van der Waals surface area (Å²) in [6.45, 7) is 4.23. The lowest BCUT2D eigenvalue weighted by Gasteiger charge is -1.97. The molecule has 1 N–H and O–H groups in total. The molecule has 1 aromatic heterocycles. The van der Waals surface area contributed by atoms with E-state index in [9.17, 15) is 0 Å². The summed E-state index contributed by atoms with van der Waals surface area (Å²) in [7, 11) is 0. The Hall–Kier alpha value is -1.32. The van der Waals surface area contributed by atoms with Crippen molar-refractivity contribution < 1.29 is 0 Å². The van der Waals surface area contributed by atoms with E-state index in [1.165, 1.54) is 11.1 Å². The molecule has 0 unspecified atom stereocenters. The van der Waals surface area contributed by atoms with Crippen LogP contribution in [0.3, 0.4) is 0 Å². The largest absolute Gasteiger partial charge is 0.305 e. The molecule has 0 aliphatic carbocycles. The van der Waals surface area contributed by atoms with Crippen molar-refractivity contribution in [3.63, 3.8) is 0 Å². The van der Waals surface area contributed by atoms with E-state index in [-0.39, 0.29) is 0 Å². The maximum Gasteiger partial charge on any atom is 0.139 e. The lowest BCUT2D eigenvalue weighted by atomic mass is 10.7. The highest BCUT2D eigenvalue weighted by Crippen LogP contribution is 1.71. The Morgan fingerprint density at radius 1 is 1.78 bits per heavy atom. The summed E-state index contributed by atoms with van der Waals surface area (Å²) in [6.07, 6.45) is 4.81. The summed E-state index contributed by atoms with van der Waals surface area (Å²) in [6, 6.07) is 0. The highest BCUT2D eigenvalue weighted by atomic mass is 15.6. The second-order valence-corrected chi connectivity index (χ2v) is 1.49. The first-order valence-electron chi connectivity index (χ1n) is 2.63. The highest BCUT2D eigenvalue weighted by Gasteiger charge is 1.81. The molecule has 0 fully saturated rings. The molecule has 0 radical (unpaired) electrons. The highest BCUT2D eigenvalue weighted by molar-refractivity contribution is 4.79. The zero-order valence-corrected chi connectivity index (χ0v) is 4.99. The molecule has 0 aliphatic rings. The first kappa shape index (κ1) is 5.81. The third kappa shape index (κ3) is 1.56. The SMILES string of the molecule is C=CCNn1cncn1. The molecule has 0 aliphatic heterocycles. The Labute approximate surface area is 53.2 Å². The standard InChI is InChI=1S/C5H8N4/c1-2-3-7-9-5-6-4-8-9/h2,4-5,7H,1,3H2. The van der Waals surface area contributed by atoms with E-state index in [1.54, 1.807) is 12.4 Å². The second-order valence-electron chi connectivity index (χ2n) is 1.49. The fourth-order valence-corrected chi connectivity index (χ4v) is 0.448. The van der Waals surface area contributed by atoms with Gasteiger partial charge in [0.05, 0.1) is 6.54 Å². The molecule has 0 aromatic carbocycles. The van der Waals surface area contributed by atoms with Crippen LogP contribution in [0, 0.1) is 0 Å². The average molecular weight is 124 g/mol. The van der Waals surface area contributed by atoms with Gasteiger partial charge < -0.3 is 5.43 Å². The van der Waals surface area contributed by atoms with Crippen LogP contribution in [0.25, 0.3) is 0 Å². The zero-order valence-electron chi connectivity index (χ0n) is 4.99. The molecule has 1 aromatic rings. The molecule has 0 spiro atoms. The summed E-state index contributed by atoms with van der Waals surface area (Å²) in [4.78, 5) is 5.26. The first-order chi connectivity index (χ1) is 4.43. The first-order valence-corrected chi connectivity index (χ1v) is 2.63. The van der Waals surface area contributed by atoms with Crippen molar-refractivity contribution >= 4 is 0 Å². The molecule has 1 heterocycles. The third-order valence-corrected chi connectivity index (χ3v) is 0.816. The lowest BCUT2D eigenvalue weighted by molar-refractivity contribution is 0.759. The number of rotatable bonds is 3. The van der Waals surface area contributed by atoms with Crippen molar-refractivity contribution in [1.82, 2.24) is 14.9 Å². The number of nitrogens with one attached hydrogen (secondary N) is 1. The van der Waals surface area contributed by atoms with Crippen molar-refractivity contribution in [3.8, 4) is 0 Å².